The fourth-order valence-corrected chi connectivity index (χ4v) is 8.60. The molecule has 4 fully saturated rings. The van der Waals surface area contributed by atoms with Crippen molar-refractivity contribution in [2.45, 2.75) is 116 Å². The highest BCUT2D eigenvalue weighted by molar-refractivity contribution is 5.09. The zero-order chi connectivity index (χ0) is 19.4. The predicted molar refractivity (Wildman–Crippen MR) is 111 cm³/mol. The second kappa shape index (κ2) is 7.01. The van der Waals surface area contributed by atoms with Crippen molar-refractivity contribution in [2.24, 2.45) is 40.4 Å². The van der Waals surface area contributed by atoms with Crippen molar-refractivity contribution < 1.29 is 10.2 Å². The van der Waals surface area contributed by atoms with Crippen LogP contribution in [0.5, 0.6) is 0 Å². The maximum Gasteiger partial charge on any atom is 0.0591 e. The van der Waals surface area contributed by atoms with E-state index >= 15 is 0 Å². The molecule has 0 amide bonds. The first-order valence-electron chi connectivity index (χ1n) is 12.0. The molecule has 4 saturated carbocycles. The third-order valence-corrected chi connectivity index (χ3v) is 10.2. The monoisotopic (exact) mass is 376 g/mol. The summed E-state index contributed by atoms with van der Waals surface area (Å²) in [5.74, 6) is 4.45. The predicted octanol–water partition coefficient (Wildman–Crippen LogP) is 5.95. The molecule has 27 heavy (non-hydrogen) atoms. The average Bonchev–Trinajstić information content (AvgIpc) is 2.91. The van der Waals surface area contributed by atoms with Crippen molar-refractivity contribution in [3.05, 3.63) is 0 Å². The van der Waals surface area contributed by atoms with Gasteiger partial charge in [0.25, 0.3) is 0 Å². The number of rotatable bonds is 4. The van der Waals surface area contributed by atoms with Crippen molar-refractivity contribution in [1.29, 1.82) is 0 Å². The lowest BCUT2D eigenvalue weighted by molar-refractivity contribution is -0.127. The molecule has 2 nitrogen and oxygen atoms in total. The molecule has 2 heteroatoms. The van der Waals surface area contributed by atoms with Gasteiger partial charge in [0, 0.05) is 0 Å². The topological polar surface area (TPSA) is 40.5 Å². The van der Waals surface area contributed by atoms with Crippen LogP contribution in [0.15, 0.2) is 0 Å². The summed E-state index contributed by atoms with van der Waals surface area (Å²) in [5.41, 5.74) is 0.551. The maximum atomic E-state index is 10.2. The van der Waals surface area contributed by atoms with E-state index in [4.69, 9.17) is 0 Å². The number of hydrogen-bond acceptors (Lipinski definition) is 2. The Labute approximate surface area is 167 Å². The van der Waals surface area contributed by atoms with E-state index in [0.717, 1.165) is 48.9 Å². The van der Waals surface area contributed by atoms with E-state index in [9.17, 15) is 10.2 Å². The van der Waals surface area contributed by atoms with Gasteiger partial charge in [-0.05, 0) is 125 Å². The minimum absolute atomic E-state index is 0.0277. The van der Waals surface area contributed by atoms with Gasteiger partial charge in [0.05, 0.1) is 11.7 Å². The second-order valence-electron chi connectivity index (χ2n) is 12.1. The van der Waals surface area contributed by atoms with Gasteiger partial charge in [-0.2, -0.15) is 0 Å². The van der Waals surface area contributed by atoms with Crippen LogP contribution in [0.1, 0.15) is 105 Å². The van der Waals surface area contributed by atoms with Gasteiger partial charge in [-0.3, -0.25) is 0 Å². The molecular formula is C25H44O2. The van der Waals surface area contributed by atoms with Gasteiger partial charge in [0.2, 0.25) is 0 Å². The van der Waals surface area contributed by atoms with E-state index in [0.29, 0.717) is 10.8 Å². The lowest BCUT2D eigenvalue weighted by atomic mass is 9.44. The van der Waals surface area contributed by atoms with Crippen LogP contribution in [0.2, 0.25) is 0 Å². The summed E-state index contributed by atoms with van der Waals surface area (Å²) in [6.45, 7) is 9.14. The quantitative estimate of drug-likeness (QED) is 0.636. The molecule has 0 aromatic carbocycles. The van der Waals surface area contributed by atoms with Crippen LogP contribution in [0.25, 0.3) is 0 Å². The first-order valence-corrected chi connectivity index (χ1v) is 12.0. The van der Waals surface area contributed by atoms with Crippen LogP contribution in [0, 0.1) is 40.4 Å². The van der Waals surface area contributed by atoms with Crippen molar-refractivity contribution >= 4 is 0 Å². The molecule has 0 aliphatic heterocycles. The van der Waals surface area contributed by atoms with Gasteiger partial charge in [-0.15, -0.1) is 0 Å². The molecule has 0 radical (unpaired) electrons. The van der Waals surface area contributed by atoms with Crippen molar-refractivity contribution in [1.82, 2.24) is 0 Å². The fraction of sp³-hybridized carbons (Fsp3) is 1.00. The summed E-state index contributed by atoms with van der Waals surface area (Å²) in [6, 6.07) is 0. The molecule has 8 unspecified atom stereocenters. The summed E-state index contributed by atoms with van der Waals surface area (Å²) >= 11 is 0. The Morgan fingerprint density at radius 1 is 0.889 bits per heavy atom. The molecule has 0 bridgehead atoms. The standard InChI is InChI=1S/C25H44O2/c1-23(2,27)13-5-6-17-8-10-21-20-9-7-18-16-19(26)11-14-25(18,4)22(20)12-15-24(17,21)3/h17-22,26-27H,5-16H2,1-4H3. The Hall–Kier alpha value is -0.0800. The molecule has 8 atom stereocenters. The van der Waals surface area contributed by atoms with E-state index < -0.39 is 5.60 Å². The minimum atomic E-state index is -0.505. The summed E-state index contributed by atoms with van der Waals surface area (Å²) in [4.78, 5) is 0. The zero-order valence-electron chi connectivity index (χ0n) is 18.3. The van der Waals surface area contributed by atoms with Gasteiger partial charge < -0.3 is 10.2 Å². The maximum absolute atomic E-state index is 10.2. The van der Waals surface area contributed by atoms with Crippen molar-refractivity contribution in [3.8, 4) is 0 Å². The molecule has 0 heterocycles. The Balaban J connectivity index is 1.46. The molecule has 4 rings (SSSR count). The van der Waals surface area contributed by atoms with E-state index in [2.05, 4.69) is 13.8 Å². The molecule has 0 spiro atoms. The Morgan fingerprint density at radius 3 is 2.33 bits per heavy atom. The Kier molecular flexibility index (Phi) is 5.25. The molecular weight excluding hydrogens is 332 g/mol. The lowest BCUT2D eigenvalue weighted by Crippen LogP contribution is -2.53. The Bertz CT molecular complexity index is 537. The summed E-state index contributed by atoms with van der Waals surface area (Å²) in [5, 5.41) is 20.3. The molecule has 0 saturated heterocycles. The first kappa shape index (κ1) is 20.2. The van der Waals surface area contributed by atoms with Crippen LogP contribution < -0.4 is 0 Å². The highest BCUT2D eigenvalue weighted by atomic mass is 16.3. The zero-order valence-corrected chi connectivity index (χ0v) is 18.3. The fourth-order valence-electron chi connectivity index (χ4n) is 8.60. The van der Waals surface area contributed by atoms with Gasteiger partial charge in [-0.25, -0.2) is 0 Å². The van der Waals surface area contributed by atoms with Gasteiger partial charge in [0.1, 0.15) is 0 Å². The molecule has 0 aromatic heterocycles. The van der Waals surface area contributed by atoms with Crippen LogP contribution in [-0.4, -0.2) is 21.9 Å². The highest BCUT2D eigenvalue weighted by Crippen LogP contribution is 2.67. The SMILES string of the molecule is CC(C)(O)CCCC1CCC2C3CCC4CC(O)CCC4(C)C3CCC12C. The average molecular weight is 377 g/mol. The Morgan fingerprint density at radius 2 is 1.59 bits per heavy atom. The summed E-state index contributed by atoms with van der Waals surface area (Å²) < 4.78 is 0. The number of fused-ring (bicyclic) bond motifs is 5. The molecule has 2 N–H and O–H groups in total. The third kappa shape index (κ3) is 3.52. The smallest absolute Gasteiger partial charge is 0.0591 e. The highest BCUT2D eigenvalue weighted by Gasteiger charge is 2.59. The molecule has 4 aliphatic rings. The van der Waals surface area contributed by atoms with Crippen LogP contribution in [0.4, 0.5) is 0 Å². The van der Waals surface area contributed by atoms with Crippen molar-refractivity contribution in [2.75, 3.05) is 0 Å². The summed E-state index contributed by atoms with van der Waals surface area (Å²) in [7, 11) is 0. The van der Waals surface area contributed by atoms with E-state index in [-0.39, 0.29) is 6.10 Å². The number of aliphatic hydroxyl groups is 2. The van der Waals surface area contributed by atoms with Crippen LogP contribution >= 0.6 is 0 Å². The minimum Gasteiger partial charge on any atom is -0.393 e. The van der Waals surface area contributed by atoms with Gasteiger partial charge in [-0.1, -0.05) is 20.3 Å². The van der Waals surface area contributed by atoms with Gasteiger partial charge >= 0.3 is 0 Å². The number of hydrogen-bond donors (Lipinski definition) is 2. The lowest BCUT2D eigenvalue weighted by Gasteiger charge is -2.61. The van der Waals surface area contributed by atoms with Crippen LogP contribution in [0.3, 0.4) is 0 Å². The molecule has 156 valence electrons. The van der Waals surface area contributed by atoms with Crippen LogP contribution in [-0.2, 0) is 0 Å². The largest absolute Gasteiger partial charge is 0.393 e. The normalized spacial score (nSPS) is 50.0. The third-order valence-electron chi connectivity index (χ3n) is 10.2. The second-order valence-corrected chi connectivity index (χ2v) is 12.1. The van der Waals surface area contributed by atoms with Gasteiger partial charge in [0.15, 0.2) is 0 Å². The van der Waals surface area contributed by atoms with E-state index in [1.54, 1.807) is 0 Å². The van der Waals surface area contributed by atoms with E-state index in [1.165, 1.54) is 57.8 Å². The molecule has 4 aliphatic carbocycles. The number of aliphatic hydroxyl groups excluding tert-OH is 1. The van der Waals surface area contributed by atoms with Crippen molar-refractivity contribution in [3.63, 3.8) is 0 Å². The van der Waals surface area contributed by atoms with E-state index in [1.807, 2.05) is 13.8 Å². The molecule has 0 aromatic rings. The first-order chi connectivity index (χ1) is 12.6. The summed E-state index contributed by atoms with van der Waals surface area (Å²) in [6.07, 6.45) is 15.3.